The molecule has 7 nitrogen and oxygen atoms in total. The van der Waals surface area contributed by atoms with Crippen molar-refractivity contribution >= 4 is 27.0 Å². The summed E-state index contributed by atoms with van der Waals surface area (Å²) in [6, 6.07) is 15.3. The number of benzene rings is 2. The topological polar surface area (TPSA) is 75.5 Å². The maximum Gasteiger partial charge on any atom is 0.253 e. The van der Waals surface area contributed by atoms with Gasteiger partial charge in [0.05, 0.1) is 17.3 Å². The SMILES string of the molecule is CS(=O)(=O)N1CCN(C(=O)c2ccc(-n3cnc4ccccc43)cc2)CC1. The molecule has 2 aromatic carbocycles. The number of hydrogen-bond acceptors (Lipinski definition) is 4. The Bertz CT molecular complexity index is 1080. The van der Waals surface area contributed by atoms with Crippen molar-refractivity contribution in [3.05, 3.63) is 60.4 Å². The number of piperazine rings is 1. The lowest BCUT2D eigenvalue weighted by molar-refractivity contribution is 0.0698. The van der Waals surface area contributed by atoms with Gasteiger partial charge in [-0.25, -0.2) is 13.4 Å². The zero-order chi connectivity index (χ0) is 19.0. The van der Waals surface area contributed by atoms with Gasteiger partial charge < -0.3 is 4.90 Å². The van der Waals surface area contributed by atoms with E-state index < -0.39 is 10.0 Å². The molecule has 1 amide bonds. The molecular weight excluding hydrogens is 364 g/mol. The fraction of sp³-hybridized carbons (Fsp3) is 0.263. The number of sulfonamides is 1. The molecule has 27 heavy (non-hydrogen) atoms. The number of aromatic nitrogens is 2. The minimum atomic E-state index is -3.20. The van der Waals surface area contributed by atoms with E-state index in [1.54, 1.807) is 23.4 Å². The molecule has 1 aromatic heterocycles. The fourth-order valence-electron chi connectivity index (χ4n) is 3.33. The van der Waals surface area contributed by atoms with Crippen LogP contribution in [-0.2, 0) is 10.0 Å². The summed E-state index contributed by atoms with van der Waals surface area (Å²) < 4.78 is 26.6. The molecule has 0 unspecified atom stereocenters. The highest BCUT2D eigenvalue weighted by molar-refractivity contribution is 7.88. The lowest BCUT2D eigenvalue weighted by Gasteiger charge is -2.33. The first-order chi connectivity index (χ1) is 12.9. The summed E-state index contributed by atoms with van der Waals surface area (Å²) in [4.78, 5) is 18.8. The van der Waals surface area contributed by atoms with Gasteiger partial charge in [0.25, 0.3) is 5.91 Å². The Kier molecular flexibility index (Phi) is 4.45. The van der Waals surface area contributed by atoms with Crippen molar-refractivity contribution in [1.29, 1.82) is 0 Å². The number of hydrogen-bond donors (Lipinski definition) is 0. The van der Waals surface area contributed by atoms with Gasteiger partial charge in [-0.2, -0.15) is 4.31 Å². The van der Waals surface area contributed by atoms with Gasteiger partial charge in [0.15, 0.2) is 0 Å². The zero-order valence-corrected chi connectivity index (χ0v) is 15.8. The summed E-state index contributed by atoms with van der Waals surface area (Å²) in [5.74, 6) is -0.0785. The van der Waals surface area contributed by atoms with E-state index in [4.69, 9.17) is 0 Å². The molecule has 8 heteroatoms. The molecule has 1 aliphatic rings. The quantitative estimate of drug-likeness (QED) is 0.689. The summed E-state index contributed by atoms with van der Waals surface area (Å²) in [5.41, 5.74) is 3.45. The predicted molar refractivity (Wildman–Crippen MR) is 103 cm³/mol. The molecular formula is C19H20N4O3S. The molecule has 1 aliphatic heterocycles. The summed E-state index contributed by atoms with van der Waals surface area (Å²) in [6.07, 6.45) is 2.97. The van der Waals surface area contributed by atoms with Gasteiger partial charge in [0, 0.05) is 37.4 Å². The fourth-order valence-corrected chi connectivity index (χ4v) is 4.16. The van der Waals surface area contributed by atoms with Crippen molar-refractivity contribution in [1.82, 2.24) is 18.8 Å². The second-order valence-electron chi connectivity index (χ2n) is 6.60. The molecule has 0 atom stereocenters. The van der Waals surface area contributed by atoms with E-state index in [1.165, 1.54) is 10.6 Å². The van der Waals surface area contributed by atoms with Crippen LogP contribution in [0.4, 0.5) is 0 Å². The van der Waals surface area contributed by atoms with Gasteiger partial charge in [-0.3, -0.25) is 9.36 Å². The summed E-state index contributed by atoms with van der Waals surface area (Å²) in [5, 5.41) is 0. The van der Waals surface area contributed by atoms with Crippen LogP contribution in [0.3, 0.4) is 0 Å². The smallest absolute Gasteiger partial charge is 0.253 e. The Morgan fingerprint density at radius 3 is 2.30 bits per heavy atom. The molecule has 0 bridgehead atoms. The van der Waals surface area contributed by atoms with Crippen LogP contribution in [0.25, 0.3) is 16.7 Å². The van der Waals surface area contributed by atoms with Crippen molar-refractivity contribution in [2.24, 2.45) is 0 Å². The lowest BCUT2D eigenvalue weighted by atomic mass is 10.1. The number of carbonyl (C=O) groups excluding carboxylic acids is 1. The highest BCUT2D eigenvalue weighted by atomic mass is 32.2. The largest absolute Gasteiger partial charge is 0.336 e. The van der Waals surface area contributed by atoms with Crippen LogP contribution in [0.2, 0.25) is 0 Å². The average molecular weight is 384 g/mol. The minimum absolute atomic E-state index is 0.0785. The first-order valence-electron chi connectivity index (χ1n) is 8.70. The van der Waals surface area contributed by atoms with Crippen molar-refractivity contribution in [2.45, 2.75) is 0 Å². The zero-order valence-electron chi connectivity index (χ0n) is 14.9. The molecule has 2 heterocycles. The second kappa shape index (κ2) is 6.79. The summed E-state index contributed by atoms with van der Waals surface area (Å²) >= 11 is 0. The van der Waals surface area contributed by atoms with Crippen LogP contribution in [0, 0.1) is 0 Å². The monoisotopic (exact) mass is 384 g/mol. The van der Waals surface area contributed by atoms with E-state index in [0.29, 0.717) is 31.7 Å². The number of imidazole rings is 1. The number of fused-ring (bicyclic) bond motifs is 1. The van der Waals surface area contributed by atoms with Gasteiger partial charge in [-0.15, -0.1) is 0 Å². The van der Waals surface area contributed by atoms with Crippen molar-refractivity contribution in [3.63, 3.8) is 0 Å². The van der Waals surface area contributed by atoms with E-state index in [-0.39, 0.29) is 5.91 Å². The molecule has 0 saturated carbocycles. The predicted octanol–water partition coefficient (Wildman–Crippen LogP) is 1.74. The van der Waals surface area contributed by atoms with E-state index in [0.717, 1.165) is 16.7 Å². The van der Waals surface area contributed by atoms with Crippen molar-refractivity contribution in [3.8, 4) is 5.69 Å². The maximum absolute atomic E-state index is 12.7. The Morgan fingerprint density at radius 1 is 0.963 bits per heavy atom. The average Bonchev–Trinajstić information content (AvgIpc) is 3.11. The van der Waals surface area contributed by atoms with Gasteiger partial charge in [0.1, 0.15) is 6.33 Å². The third-order valence-electron chi connectivity index (χ3n) is 4.84. The van der Waals surface area contributed by atoms with Gasteiger partial charge in [-0.05, 0) is 36.4 Å². The van der Waals surface area contributed by atoms with Crippen LogP contribution in [0.5, 0.6) is 0 Å². The Morgan fingerprint density at radius 2 is 1.63 bits per heavy atom. The first-order valence-corrected chi connectivity index (χ1v) is 10.6. The number of para-hydroxylation sites is 2. The molecule has 0 spiro atoms. The Labute approximate surface area is 157 Å². The third-order valence-corrected chi connectivity index (χ3v) is 6.14. The van der Waals surface area contributed by atoms with Crippen LogP contribution in [0.15, 0.2) is 54.9 Å². The lowest BCUT2D eigenvalue weighted by Crippen LogP contribution is -2.50. The van der Waals surface area contributed by atoms with E-state index in [2.05, 4.69) is 4.98 Å². The van der Waals surface area contributed by atoms with E-state index in [9.17, 15) is 13.2 Å². The van der Waals surface area contributed by atoms with Gasteiger partial charge in [-0.1, -0.05) is 12.1 Å². The Balaban J connectivity index is 1.50. The van der Waals surface area contributed by atoms with Gasteiger partial charge in [0.2, 0.25) is 10.0 Å². The third kappa shape index (κ3) is 3.45. The second-order valence-corrected chi connectivity index (χ2v) is 8.59. The van der Waals surface area contributed by atoms with Crippen molar-refractivity contribution in [2.75, 3.05) is 32.4 Å². The molecule has 3 aromatic rings. The molecule has 0 N–H and O–H groups in total. The van der Waals surface area contributed by atoms with Crippen LogP contribution in [0.1, 0.15) is 10.4 Å². The normalized spacial score (nSPS) is 16.0. The molecule has 1 saturated heterocycles. The molecule has 4 rings (SSSR count). The summed E-state index contributed by atoms with van der Waals surface area (Å²) in [7, 11) is -3.20. The molecule has 1 fully saturated rings. The van der Waals surface area contributed by atoms with E-state index in [1.807, 2.05) is 41.0 Å². The molecule has 0 radical (unpaired) electrons. The first kappa shape index (κ1) is 17.7. The summed E-state index contributed by atoms with van der Waals surface area (Å²) in [6.45, 7) is 1.48. The van der Waals surface area contributed by atoms with Crippen LogP contribution >= 0.6 is 0 Å². The Hall–Kier alpha value is -2.71. The van der Waals surface area contributed by atoms with Gasteiger partial charge >= 0.3 is 0 Å². The molecule has 140 valence electrons. The number of rotatable bonds is 3. The van der Waals surface area contributed by atoms with Crippen LogP contribution < -0.4 is 0 Å². The van der Waals surface area contributed by atoms with Crippen molar-refractivity contribution < 1.29 is 13.2 Å². The number of amides is 1. The maximum atomic E-state index is 12.7. The molecule has 0 aliphatic carbocycles. The highest BCUT2D eigenvalue weighted by Gasteiger charge is 2.26. The van der Waals surface area contributed by atoms with E-state index >= 15 is 0 Å². The van der Waals surface area contributed by atoms with Crippen LogP contribution in [-0.4, -0.2) is 65.5 Å². The highest BCUT2D eigenvalue weighted by Crippen LogP contribution is 2.19. The number of nitrogens with zero attached hydrogens (tertiary/aromatic N) is 4. The number of carbonyl (C=O) groups is 1. The minimum Gasteiger partial charge on any atom is -0.336 e. The standard InChI is InChI=1S/C19H20N4O3S/c1-27(25,26)22-12-10-21(11-13-22)19(24)15-6-8-16(9-7-15)23-14-20-17-4-2-3-5-18(17)23/h2-9,14H,10-13H2,1H3.